The van der Waals surface area contributed by atoms with E-state index in [-0.39, 0.29) is 42.2 Å². The van der Waals surface area contributed by atoms with Crippen molar-refractivity contribution >= 4 is 17.9 Å². The third kappa shape index (κ3) is 4.66. The Morgan fingerprint density at radius 3 is 2.79 bits per heavy atom. The zero-order valence-electron chi connectivity index (χ0n) is 15.6. The number of carbonyl (C=O) groups is 3. The first-order chi connectivity index (χ1) is 13.5. The molecule has 2 fully saturated rings. The van der Waals surface area contributed by atoms with Gasteiger partial charge in [-0.1, -0.05) is 0 Å². The van der Waals surface area contributed by atoms with E-state index in [0.29, 0.717) is 39.4 Å². The lowest BCUT2D eigenvalue weighted by atomic mass is 10.1. The van der Waals surface area contributed by atoms with Crippen LogP contribution in [0.5, 0.6) is 0 Å². The summed E-state index contributed by atoms with van der Waals surface area (Å²) in [5.41, 5.74) is -0.168. The summed E-state index contributed by atoms with van der Waals surface area (Å²) < 4.78 is 11.3. The molecule has 3 rings (SSSR count). The molecule has 0 bridgehead atoms. The van der Waals surface area contributed by atoms with Crippen molar-refractivity contribution in [3.63, 3.8) is 0 Å². The fourth-order valence-electron chi connectivity index (χ4n) is 3.10. The van der Waals surface area contributed by atoms with Crippen molar-refractivity contribution in [2.75, 3.05) is 46.0 Å². The van der Waals surface area contributed by atoms with E-state index in [0.717, 1.165) is 4.68 Å². The number of hydrogen-bond acceptors (Lipinski definition) is 7. The number of morpholine rings is 1. The normalized spacial score (nSPS) is 19.5. The van der Waals surface area contributed by atoms with Crippen LogP contribution in [-0.2, 0) is 21.3 Å². The summed E-state index contributed by atoms with van der Waals surface area (Å²) in [6, 6.07) is 2.23. The lowest BCUT2D eigenvalue weighted by Crippen LogP contribution is -2.51. The molecule has 2 aliphatic rings. The first kappa shape index (κ1) is 19.8. The summed E-state index contributed by atoms with van der Waals surface area (Å²) in [4.78, 5) is 51.0. The molecule has 1 aromatic rings. The van der Waals surface area contributed by atoms with Crippen molar-refractivity contribution in [2.45, 2.75) is 12.5 Å². The molecule has 0 aromatic carbocycles. The molecule has 3 amide bonds. The van der Waals surface area contributed by atoms with Crippen molar-refractivity contribution in [3.05, 3.63) is 28.2 Å². The standard InChI is InChI=1S/C17H23N5O6/c1-20-15(24)3-2-13(19-20)16(25)22-7-8-27-11-12(22)10-14(23)18-4-5-21-6-9-28-17(21)26/h2-3,12H,4-11H2,1H3,(H,18,23). The lowest BCUT2D eigenvalue weighted by Gasteiger charge is -2.35. The molecule has 1 atom stereocenters. The van der Waals surface area contributed by atoms with Gasteiger partial charge in [-0.25, -0.2) is 9.48 Å². The van der Waals surface area contributed by atoms with Crippen LogP contribution in [0.3, 0.4) is 0 Å². The Balaban J connectivity index is 1.55. The van der Waals surface area contributed by atoms with Gasteiger partial charge in [-0.05, 0) is 6.07 Å². The van der Waals surface area contributed by atoms with Gasteiger partial charge < -0.3 is 24.6 Å². The van der Waals surface area contributed by atoms with Gasteiger partial charge >= 0.3 is 6.09 Å². The highest BCUT2D eigenvalue weighted by Crippen LogP contribution is 2.14. The average molecular weight is 393 g/mol. The Morgan fingerprint density at radius 2 is 2.07 bits per heavy atom. The maximum absolute atomic E-state index is 12.8. The maximum Gasteiger partial charge on any atom is 0.409 e. The van der Waals surface area contributed by atoms with Crippen molar-refractivity contribution in [2.24, 2.45) is 7.05 Å². The number of nitrogens with one attached hydrogen (secondary N) is 1. The number of ether oxygens (including phenoxy) is 2. The van der Waals surface area contributed by atoms with Gasteiger partial charge in [0.1, 0.15) is 12.3 Å². The fourth-order valence-corrected chi connectivity index (χ4v) is 3.10. The number of nitrogens with zero attached hydrogens (tertiary/aromatic N) is 4. The van der Waals surface area contributed by atoms with Gasteiger partial charge in [0.15, 0.2) is 0 Å². The minimum Gasteiger partial charge on any atom is -0.448 e. The molecule has 28 heavy (non-hydrogen) atoms. The lowest BCUT2D eigenvalue weighted by molar-refractivity contribution is -0.123. The van der Waals surface area contributed by atoms with Crippen LogP contribution in [0.4, 0.5) is 4.79 Å². The zero-order chi connectivity index (χ0) is 20.1. The Morgan fingerprint density at radius 1 is 1.25 bits per heavy atom. The van der Waals surface area contributed by atoms with Crippen LogP contribution >= 0.6 is 0 Å². The fraction of sp³-hybridized carbons (Fsp3) is 0.588. The van der Waals surface area contributed by atoms with Gasteiger partial charge in [-0.3, -0.25) is 14.4 Å². The minimum atomic E-state index is -0.433. The van der Waals surface area contributed by atoms with Gasteiger partial charge in [0, 0.05) is 39.2 Å². The van der Waals surface area contributed by atoms with E-state index in [1.54, 1.807) is 4.90 Å². The second kappa shape index (κ2) is 8.83. The minimum absolute atomic E-state index is 0.0714. The van der Waals surface area contributed by atoms with Gasteiger partial charge in [-0.15, -0.1) is 0 Å². The molecular weight excluding hydrogens is 370 g/mol. The third-order valence-electron chi connectivity index (χ3n) is 4.64. The summed E-state index contributed by atoms with van der Waals surface area (Å²) in [5.74, 6) is -0.592. The molecule has 0 aliphatic carbocycles. The van der Waals surface area contributed by atoms with E-state index in [9.17, 15) is 19.2 Å². The van der Waals surface area contributed by atoms with Crippen LogP contribution < -0.4 is 10.9 Å². The highest BCUT2D eigenvalue weighted by Gasteiger charge is 2.31. The number of aryl methyl sites for hydroxylation is 1. The Kier molecular flexibility index (Phi) is 6.24. The molecule has 1 aromatic heterocycles. The van der Waals surface area contributed by atoms with E-state index < -0.39 is 6.04 Å². The van der Waals surface area contributed by atoms with E-state index >= 15 is 0 Å². The highest BCUT2D eigenvalue weighted by atomic mass is 16.6. The molecule has 2 aliphatic heterocycles. The van der Waals surface area contributed by atoms with E-state index in [2.05, 4.69) is 10.4 Å². The molecular formula is C17H23N5O6. The Labute approximate surface area is 161 Å². The molecule has 3 heterocycles. The molecule has 11 heteroatoms. The van der Waals surface area contributed by atoms with Gasteiger partial charge in [0.25, 0.3) is 11.5 Å². The predicted molar refractivity (Wildman–Crippen MR) is 95.7 cm³/mol. The van der Waals surface area contributed by atoms with Crippen LogP contribution in [0.1, 0.15) is 16.9 Å². The maximum atomic E-state index is 12.8. The number of aromatic nitrogens is 2. The average Bonchev–Trinajstić information content (AvgIpc) is 3.09. The van der Waals surface area contributed by atoms with Gasteiger partial charge in [0.2, 0.25) is 5.91 Å². The molecule has 1 unspecified atom stereocenters. The molecule has 1 N–H and O–H groups in total. The summed E-state index contributed by atoms with van der Waals surface area (Å²) in [5, 5.41) is 6.73. The number of amides is 3. The third-order valence-corrected chi connectivity index (χ3v) is 4.64. The van der Waals surface area contributed by atoms with Crippen LogP contribution in [0.25, 0.3) is 0 Å². The Bertz CT molecular complexity index is 809. The number of cyclic esters (lactones) is 1. The molecule has 0 saturated carbocycles. The SMILES string of the molecule is Cn1nc(C(=O)N2CCOCC2CC(=O)NCCN2CCOC2=O)ccc1=O. The summed E-state index contributed by atoms with van der Waals surface area (Å²) >= 11 is 0. The quantitative estimate of drug-likeness (QED) is 0.629. The van der Waals surface area contributed by atoms with Crippen molar-refractivity contribution < 1.29 is 23.9 Å². The topological polar surface area (TPSA) is 123 Å². The van der Waals surface area contributed by atoms with E-state index in [4.69, 9.17) is 9.47 Å². The number of carbonyl (C=O) groups excluding carboxylic acids is 3. The zero-order valence-corrected chi connectivity index (χ0v) is 15.6. The highest BCUT2D eigenvalue weighted by molar-refractivity contribution is 5.92. The molecule has 11 nitrogen and oxygen atoms in total. The van der Waals surface area contributed by atoms with Gasteiger partial charge in [-0.2, -0.15) is 5.10 Å². The number of rotatable bonds is 6. The summed E-state index contributed by atoms with van der Waals surface area (Å²) in [6.45, 7) is 2.49. The predicted octanol–water partition coefficient (Wildman–Crippen LogP) is -1.42. The van der Waals surface area contributed by atoms with Crippen molar-refractivity contribution in [3.8, 4) is 0 Å². The molecule has 0 radical (unpaired) electrons. The molecule has 152 valence electrons. The van der Waals surface area contributed by atoms with Crippen LogP contribution in [0, 0.1) is 0 Å². The van der Waals surface area contributed by atoms with E-state index in [1.807, 2.05) is 0 Å². The van der Waals surface area contributed by atoms with Crippen LogP contribution in [0.15, 0.2) is 16.9 Å². The summed E-state index contributed by atoms with van der Waals surface area (Å²) in [7, 11) is 1.47. The van der Waals surface area contributed by atoms with Crippen molar-refractivity contribution in [1.82, 2.24) is 24.9 Å². The van der Waals surface area contributed by atoms with E-state index in [1.165, 1.54) is 24.1 Å². The van der Waals surface area contributed by atoms with Gasteiger partial charge in [0.05, 0.1) is 25.8 Å². The monoisotopic (exact) mass is 393 g/mol. The van der Waals surface area contributed by atoms with Crippen molar-refractivity contribution in [1.29, 1.82) is 0 Å². The number of hydrogen-bond donors (Lipinski definition) is 1. The van der Waals surface area contributed by atoms with Crippen LogP contribution in [0.2, 0.25) is 0 Å². The van der Waals surface area contributed by atoms with Crippen LogP contribution in [-0.4, -0.2) is 89.5 Å². The second-order valence-electron chi connectivity index (χ2n) is 6.56. The smallest absolute Gasteiger partial charge is 0.409 e. The molecule has 2 saturated heterocycles. The molecule has 0 spiro atoms. The Hall–Kier alpha value is -2.95. The first-order valence-electron chi connectivity index (χ1n) is 9.07. The second-order valence-corrected chi connectivity index (χ2v) is 6.56. The largest absolute Gasteiger partial charge is 0.448 e. The first-order valence-corrected chi connectivity index (χ1v) is 9.07. The summed E-state index contributed by atoms with van der Waals surface area (Å²) in [6.07, 6.45) is -0.307.